The summed E-state index contributed by atoms with van der Waals surface area (Å²) in [6.07, 6.45) is 0. The summed E-state index contributed by atoms with van der Waals surface area (Å²) >= 11 is 12.8. The first-order valence-electron chi connectivity index (χ1n) is 8.57. The van der Waals surface area contributed by atoms with Crippen LogP contribution in [0.3, 0.4) is 0 Å². The number of hydrogen-bond donors (Lipinski definition) is 0. The molecule has 0 saturated heterocycles. The highest BCUT2D eigenvalue weighted by Crippen LogP contribution is 2.33. The van der Waals surface area contributed by atoms with Gasteiger partial charge >= 0.3 is 11.9 Å². The van der Waals surface area contributed by atoms with Gasteiger partial charge in [-0.2, -0.15) is 4.52 Å². The number of halogens is 4. The van der Waals surface area contributed by atoms with Crippen LogP contribution in [-0.4, -0.2) is 34.2 Å². The lowest BCUT2D eigenvalue weighted by atomic mass is 10.2. The van der Waals surface area contributed by atoms with Crippen molar-refractivity contribution in [2.45, 2.75) is 27.7 Å². The van der Waals surface area contributed by atoms with Gasteiger partial charge in [-0.05, 0) is 91.4 Å². The lowest BCUT2D eigenvalue weighted by Gasteiger charge is -2.05. The van der Waals surface area contributed by atoms with Gasteiger partial charge in [0.2, 0.25) is 0 Å². The summed E-state index contributed by atoms with van der Waals surface area (Å²) in [5.41, 5.74) is -0.166. The van der Waals surface area contributed by atoms with Crippen LogP contribution in [0.15, 0.2) is 18.6 Å². The van der Waals surface area contributed by atoms with Crippen LogP contribution in [0.25, 0.3) is 8.96 Å². The zero-order valence-electron chi connectivity index (χ0n) is 16.3. The van der Waals surface area contributed by atoms with Crippen LogP contribution in [0.2, 0.25) is 0 Å². The Balaban J connectivity index is 2.81. The summed E-state index contributed by atoms with van der Waals surface area (Å²) in [6, 6.07) is 0. The second kappa shape index (κ2) is 9.92. The minimum absolute atomic E-state index is 0.0230. The summed E-state index contributed by atoms with van der Waals surface area (Å²) in [5, 5.41) is 0. The molecule has 162 valence electrons. The van der Waals surface area contributed by atoms with E-state index >= 15 is 0 Å². The maximum atomic E-state index is 13.1. The fourth-order valence-corrected chi connectivity index (χ4v) is 4.71. The summed E-state index contributed by atoms with van der Waals surface area (Å²) in [6.45, 7) is 6.92. The molecule has 0 aliphatic heterocycles. The fraction of sp³-hybridized carbons (Fsp3) is 0.333. The third-order valence-corrected chi connectivity index (χ3v) is 8.20. The van der Waals surface area contributed by atoms with Crippen molar-refractivity contribution in [3.05, 3.63) is 52.2 Å². The van der Waals surface area contributed by atoms with E-state index in [0.717, 1.165) is 4.52 Å². The van der Waals surface area contributed by atoms with Crippen molar-refractivity contribution in [2.75, 3.05) is 13.2 Å². The van der Waals surface area contributed by atoms with Crippen LogP contribution in [0.5, 0.6) is 0 Å². The molecule has 0 spiro atoms. The molecule has 0 N–H and O–H groups in total. The second-order valence-electron chi connectivity index (χ2n) is 5.85. The number of aromatic nitrogens is 2. The Kier molecular flexibility index (Phi) is 8.28. The highest BCUT2D eigenvalue weighted by Gasteiger charge is 2.28. The van der Waals surface area contributed by atoms with Crippen LogP contribution < -0.4 is 11.1 Å². The van der Waals surface area contributed by atoms with E-state index in [4.69, 9.17) is 9.47 Å². The van der Waals surface area contributed by atoms with Crippen LogP contribution in [0.4, 0.5) is 0 Å². The summed E-state index contributed by atoms with van der Waals surface area (Å²) < 4.78 is 12.6. The average Bonchev–Trinajstić information content (AvgIpc) is 3.11. The monoisotopic (exact) mass is 672 g/mol. The molecule has 12 heteroatoms. The van der Waals surface area contributed by atoms with E-state index in [1.807, 2.05) is 0 Å². The van der Waals surface area contributed by atoms with Crippen molar-refractivity contribution in [2.24, 2.45) is 0 Å². The molecule has 30 heavy (non-hydrogen) atoms. The smallest absolute Gasteiger partial charge is 0.346 e. The predicted molar refractivity (Wildman–Crippen MR) is 127 cm³/mol. The number of ether oxygens (including phenoxy) is 2. The molecule has 2 aromatic heterocycles. The molecule has 0 fully saturated rings. The van der Waals surface area contributed by atoms with Gasteiger partial charge in [0.25, 0.3) is 11.1 Å². The molecule has 0 atom stereocenters. The van der Waals surface area contributed by atoms with Gasteiger partial charge in [-0.3, -0.25) is 14.1 Å². The summed E-state index contributed by atoms with van der Waals surface area (Å²) in [4.78, 5) is 50.1. The highest BCUT2D eigenvalue weighted by atomic mass is 79.9. The van der Waals surface area contributed by atoms with E-state index in [2.05, 4.69) is 63.7 Å². The Hall–Kier alpha value is -1.24. The predicted octanol–water partition coefficient (Wildman–Crippen LogP) is 3.86. The van der Waals surface area contributed by atoms with Gasteiger partial charge in [0.15, 0.2) is 0 Å². The zero-order valence-corrected chi connectivity index (χ0v) is 22.6. The first-order valence-corrected chi connectivity index (χ1v) is 11.7. The fourth-order valence-electron chi connectivity index (χ4n) is 2.85. The van der Waals surface area contributed by atoms with Crippen molar-refractivity contribution in [1.82, 2.24) is 9.03 Å². The number of carbonyl (C=O) groups is 2. The van der Waals surface area contributed by atoms with E-state index in [1.165, 1.54) is 4.52 Å². The number of rotatable bonds is 6. The lowest BCUT2D eigenvalue weighted by Crippen LogP contribution is -2.24. The number of carbonyl (C=O) groups excluding carboxylic acids is 2. The molecular formula is C18H16Br4N2O6. The molecule has 0 radical (unpaired) electrons. The molecular weight excluding hydrogens is 660 g/mol. The third kappa shape index (κ3) is 4.23. The van der Waals surface area contributed by atoms with Crippen molar-refractivity contribution >= 4 is 84.6 Å². The van der Waals surface area contributed by atoms with Gasteiger partial charge in [-0.15, -0.1) is 0 Å². The molecule has 0 aliphatic rings. The Morgan fingerprint density at radius 1 is 0.733 bits per heavy atom. The SMILES string of the molecule is CCOC(=O)/C(Br)=C(\Br)c1c(C)n2c(C)c(/C(Br)=C(\Br)C(=O)OCC)c(=O)n2c1=O. The quantitative estimate of drug-likeness (QED) is 0.341. The van der Waals surface area contributed by atoms with E-state index in [1.54, 1.807) is 27.7 Å². The average molecular weight is 676 g/mol. The number of aryl methyl sites for hydroxylation is 2. The highest BCUT2D eigenvalue weighted by molar-refractivity contribution is 9.17. The maximum Gasteiger partial charge on any atom is 0.346 e. The Morgan fingerprint density at radius 2 is 1.07 bits per heavy atom. The number of fused-ring (bicyclic) bond motifs is 1. The van der Waals surface area contributed by atoms with Crippen LogP contribution in [0.1, 0.15) is 36.4 Å². The Labute approximate surface area is 204 Å². The molecule has 0 saturated carbocycles. The van der Waals surface area contributed by atoms with Gasteiger partial charge in [0.05, 0.1) is 44.7 Å². The van der Waals surface area contributed by atoms with Crippen molar-refractivity contribution in [1.29, 1.82) is 0 Å². The molecule has 0 bridgehead atoms. The maximum absolute atomic E-state index is 13.1. The Morgan fingerprint density at radius 3 is 1.33 bits per heavy atom. The molecule has 0 aliphatic carbocycles. The van der Waals surface area contributed by atoms with Crippen molar-refractivity contribution in [3.8, 4) is 0 Å². The molecule has 2 rings (SSSR count). The molecule has 2 heterocycles. The van der Waals surface area contributed by atoms with Gasteiger partial charge in [0.1, 0.15) is 8.96 Å². The Bertz CT molecular complexity index is 1120. The standard InChI is InChI=1S/C18H16Br4N2O6/c1-5-29-17(27)13(21)11(19)9-7(3)23-8(4)10(16(26)24(23)15(9)25)12(20)14(22)18(28)30-6-2/h5-6H2,1-4H3/b13-11+,14-12+. The van der Waals surface area contributed by atoms with E-state index in [-0.39, 0.29) is 42.3 Å². The molecule has 2 aromatic rings. The van der Waals surface area contributed by atoms with Gasteiger partial charge in [-0.25, -0.2) is 9.59 Å². The van der Waals surface area contributed by atoms with Crippen molar-refractivity contribution < 1.29 is 19.1 Å². The molecule has 0 unspecified atom stereocenters. The van der Waals surface area contributed by atoms with E-state index in [9.17, 15) is 19.2 Å². The second-order valence-corrected chi connectivity index (χ2v) is 9.02. The minimum atomic E-state index is -0.650. The zero-order chi connectivity index (χ0) is 22.9. The number of nitrogens with zero attached hydrogens (tertiary/aromatic N) is 2. The first kappa shape index (κ1) is 25.0. The van der Waals surface area contributed by atoms with E-state index in [0.29, 0.717) is 11.4 Å². The van der Waals surface area contributed by atoms with Gasteiger partial charge in [-0.1, -0.05) is 0 Å². The van der Waals surface area contributed by atoms with Gasteiger partial charge < -0.3 is 9.47 Å². The van der Waals surface area contributed by atoms with Crippen LogP contribution in [-0.2, 0) is 19.1 Å². The molecule has 0 aromatic carbocycles. The van der Waals surface area contributed by atoms with Crippen molar-refractivity contribution in [3.63, 3.8) is 0 Å². The number of esters is 2. The topological polar surface area (TPSA) is 95.6 Å². The molecule has 8 nitrogen and oxygen atoms in total. The lowest BCUT2D eigenvalue weighted by molar-refractivity contribution is -0.138. The third-order valence-electron chi connectivity index (χ3n) is 4.11. The number of hydrogen-bond acceptors (Lipinski definition) is 6. The largest absolute Gasteiger partial charge is 0.462 e. The summed E-state index contributed by atoms with van der Waals surface area (Å²) in [7, 11) is 0. The van der Waals surface area contributed by atoms with E-state index < -0.39 is 23.1 Å². The van der Waals surface area contributed by atoms with Crippen LogP contribution >= 0.6 is 63.7 Å². The first-order chi connectivity index (χ1) is 14.0. The normalized spacial score (nSPS) is 13.2. The summed E-state index contributed by atoms with van der Waals surface area (Å²) in [5.74, 6) is -1.30. The van der Waals surface area contributed by atoms with Crippen LogP contribution in [0, 0.1) is 13.8 Å². The molecule has 0 amide bonds. The minimum Gasteiger partial charge on any atom is -0.462 e. The van der Waals surface area contributed by atoms with Gasteiger partial charge in [0, 0.05) is 0 Å².